The van der Waals surface area contributed by atoms with Crippen LogP contribution in [-0.2, 0) is 18.4 Å². The number of imidazole rings is 1. The van der Waals surface area contributed by atoms with Crippen LogP contribution in [-0.4, -0.2) is 74.0 Å². The van der Waals surface area contributed by atoms with E-state index in [9.17, 15) is 9.18 Å². The molecule has 2 saturated heterocycles. The van der Waals surface area contributed by atoms with Gasteiger partial charge in [-0.3, -0.25) is 9.69 Å². The number of nitrogens with zero attached hydrogens (tertiary/aromatic N) is 7. The lowest BCUT2D eigenvalue weighted by molar-refractivity contribution is -0.134. The fourth-order valence-electron chi connectivity index (χ4n) is 4.72. The number of anilines is 1. The average Bonchev–Trinajstić information content (AvgIpc) is 3.44. The highest BCUT2D eigenvalue weighted by atomic mass is 19.1. The van der Waals surface area contributed by atoms with Gasteiger partial charge in [-0.2, -0.15) is 0 Å². The maximum absolute atomic E-state index is 13.6. The predicted molar refractivity (Wildman–Crippen MR) is 120 cm³/mol. The summed E-state index contributed by atoms with van der Waals surface area (Å²) in [5.74, 6) is 1.45. The Labute approximate surface area is 186 Å². The normalized spacial score (nSPS) is 19.8. The molecule has 0 spiro atoms. The Bertz CT molecular complexity index is 1140. The fraction of sp³-hybridized carbons (Fsp3) is 0.478. The predicted octanol–water partition coefficient (Wildman–Crippen LogP) is 2.12. The first kappa shape index (κ1) is 20.8. The Morgan fingerprint density at radius 2 is 1.97 bits per heavy atom. The van der Waals surface area contributed by atoms with Gasteiger partial charge in [0.2, 0.25) is 11.9 Å². The number of carbonyl (C=O) groups is 1. The van der Waals surface area contributed by atoms with E-state index in [2.05, 4.69) is 19.9 Å². The summed E-state index contributed by atoms with van der Waals surface area (Å²) in [5, 5.41) is 0.708. The second-order valence-corrected chi connectivity index (χ2v) is 8.68. The largest absolute Gasteiger partial charge is 0.338 e. The number of carbonyl (C=O) groups excluding carboxylic acids is 1. The van der Waals surface area contributed by atoms with Gasteiger partial charge in [0.1, 0.15) is 17.7 Å². The van der Waals surface area contributed by atoms with Gasteiger partial charge in [0, 0.05) is 57.6 Å². The van der Waals surface area contributed by atoms with Crippen LogP contribution >= 0.6 is 0 Å². The van der Waals surface area contributed by atoms with Crippen LogP contribution in [0.4, 0.5) is 10.3 Å². The van der Waals surface area contributed by atoms with E-state index in [1.807, 2.05) is 40.7 Å². The molecule has 3 aromatic rings. The molecule has 1 amide bonds. The van der Waals surface area contributed by atoms with Crippen molar-refractivity contribution in [2.75, 3.05) is 37.6 Å². The molecular formula is C23H28FN7O. The summed E-state index contributed by atoms with van der Waals surface area (Å²) in [4.78, 5) is 33.4. The molecule has 9 heteroatoms. The monoisotopic (exact) mass is 437 g/mol. The van der Waals surface area contributed by atoms with Crippen molar-refractivity contribution in [1.82, 2.24) is 29.3 Å². The second-order valence-electron chi connectivity index (χ2n) is 8.68. The molecule has 0 saturated carbocycles. The molecule has 1 aromatic carbocycles. The van der Waals surface area contributed by atoms with E-state index >= 15 is 0 Å². The number of amides is 1. The van der Waals surface area contributed by atoms with Crippen LogP contribution in [0.3, 0.4) is 0 Å². The van der Waals surface area contributed by atoms with Crippen LogP contribution in [0.25, 0.3) is 10.9 Å². The van der Waals surface area contributed by atoms with Crippen molar-refractivity contribution < 1.29 is 9.18 Å². The number of rotatable bonds is 4. The molecule has 4 heterocycles. The van der Waals surface area contributed by atoms with E-state index in [4.69, 9.17) is 0 Å². The third-order valence-electron chi connectivity index (χ3n) is 6.60. The lowest BCUT2D eigenvalue weighted by Gasteiger charge is -2.37. The van der Waals surface area contributed by atoms with Crippen molar-refractivity contribution in [1.29, 1.82) is 0 Å². The molecule has 32 heavy (non-hydrogen) atoms. The topological polar surface area (TPSA) is 70.4 Å². The van der Waals surface area contributed by atoms with Crippen molar-refractivity contribution >= 4 is 22.8 Å². The summed E-state index contributed by atoms with van der Waals surface area (Å²) in [6.07, 6.45) is 5.50. The summed E-state index contributed by atoms with van der Waals surface area (Å²) >= 11 is 0. The third kappa shape index (κ3) is 3.92. The van der Waals surface area contributed by atoms with Crippen LogP contribution < -0.4 is 4.90 Å². The van der Waals surface area contributed by atoms with E-state index in [1.165, 1.54) is 12.1 Å². The molecular weight excluding hydrogens is 409 g/mol. The van der Waals surface area contributed by atoms with Crippen LogP contribution in [0.15, 0.2) is 30.6 Å². The van der Waals surface area contributed by atoms with Gasteiger partial charge in [0.15, 0.2) is 0 Å². The van der Waals surface area contributed by atoms with Gasteiger partial charge in [-0.05, 0) is 38.0 Å². The Balaban J connectivity index is 1.28. The minimum Gasteiger partial charge on any atom is -0.338 e. The first-order valence-electron chi connectivity index (χ1n) is 11.2. The van der Waals surface area contributed by atoms with Crippen LogP contribution in [0.2, 0.25) is 0 Å². The molecule has 1 atom stereocenters. The molecule has 0 aliphatic carbocycles. The second kappa shape index (κ2) is 8.46. The van der Waals surface area contributed by atoms with Gasteiger partial charge in [-0.15, -0.1) is 0 Å². The highest BCUT2D eigenvalue weighted by Crippen LogP contribution is 2.27. The summed E-state index contributed by atoms with van der Waals surface area (Å²) in [7, 11) is 2.00. The van der Waals surface area contributed by atoms with Crippen molar-refractivity contribution in [2.45, 2.75) is 32.4 Å². The van der Waals surface area contributed by atoms with Crippen molar-refractivity contribution in [3.05, 3.63) is 47.9 Å². The van der Waals surface area contributed by atoms with E-state index < -0.39 is 0 Å². The molecule has 0 N–H and O–H groups in total. The highest BCUT2D eigenvalue weighted by molar-refractivity contribution is 5.86. The summed E-state index contributed by atoms with van der Waals surface area (Å²) in [6.45, 7) is 6.51. The van der Waals surface area contributed by atoms with Crippen LogP contribution in [0, 0.1) is 12.7 Å². The maximum atomic E-state index is 13.6. The van der Waals surface area contributed by atoms with E-state index in [1.54, 1.807) is 6.07 Å². The number of piperazine rings is 1. The molecule has 0 unspecified atom stereocenters. The van der Waals surface area contributed by atoms with E-state index in [-0.39, 0.29) is 17.8 Å². The molecule has 2 aromatic heterocycles. The number of halogens is 1. The Morgan fingerprint density at radius 3 is 2.72 bits per heavy atom. The van der Waals surface area contributed by atoms with Gasteiger partial charge in [-0.1, -0.05) is 0 Å². The van der Waals surface area contributed by atoms with Gasteiger partial charge < -0.3 is 14.4 Å². The zero-order chi connectivity index (χ0) is 22.2. The molecule has 168 valence electrons. The summed E-state index contributed by atoms with van der Waals surface area (Å²) in [5.41, 5.74) is 1.43. The Kier molecular flexibility index (Phi) is 5.50. The first-order valence-corrected chi connectivity index (χ1v) is 11.2. The van der Waals surface area contributed by atoms with Crippen molar-refractivity contribution in [3.63, 3.8) is 0 Å². The molecule has 0 bridgehead atoms. The first-order chi connectivity index (χ1) is 15.5. The number of benzene rings is 1. The van der Waals surface area contributed by atoms with Crippen LogP contribution in [0.1, 0.15) is 24.4 Å². The van der Waals surface area contributed by atoms with Gasteiger partial charge in [-0.25, -0.2) is 19.3 Å². The standard InChI is InChI=1S/C23H28FN7O/c1-16-18-14-17(24)5-6-19(18)27-23(26-16)31-8-3-4-20(31)22(32)30-12-10-29(11-13-30)15-21-25-7-9-28(21)2/h5-7,9,14,20H,3-4,8,10-13,15H2,1-2H3/t20-/m0/s1. The minimum absolute atomic E-state index is 0.152. The van der Waals surface area contributed by atoms with E-state index in [0.717, 1.165) is 50.5 Å². The quantitative estimate of drug-likeness (QED) is 0.623. The lowest BCUT2D eigenvalue weighted by Crippen LogP contribution is -2.53. The molecule has 0 radical (unpaired) electrons. The number of aryl methyl sites for hydroxylation is 2. The number of aromatic nitrogens is 4. The fourth-order valence-corrected chi connectivity index (χ4v) is 4.72. The third-order valence-corrected chi connectivity index (χ3v) is 6.60. The average molecular weight is 438 g/mol. The molecule has 8 nitrogen and oxygen atoms in total. The maximum Gasteiger partial charge on any atom is 0.245 e. The summed E-state index contributed by atoms with van der Waals surface area (Å²) in [6, 6.07) is 4.31. The molecule has 2 aliphatic rings. The zero-order valence-electron chi connectivity index (χ0n) is 18.5. The Morgan fingerprint density at radius 1 is 1.16 bits per heavy atom. The van der Waals surface area contributed by atoms with Gasteiger partial charge >= 0.3 is 0 Å². The van der Waals surface area contributed by atoms with Gasteiger partial charge in [0.05, 0.1) is 17.8 Å². The number of hydrogen-bond donors (Lipinski definition) is 0. The van der Waals surface area contributed by atoms with Gasteiger partial charge in [0.25, 0.3) is 0 Å². The SMILES string of the molecule is Cc1nc(N2CCC[C@H]2C(=O)N2CCN(Cc3nccn3C)CC2)nc2ccc(F)cc12. The number of hydrogen-bond acceptors (Lipinski definition) is 6. The molecule has 2 fully saturated rings. The Hall–Kier alpha value is -3.07. The molecule has 5 rings (SSSR count). The zero-order valence-corrected chi connectivity index (χ0v) is 18.5. The summed E-state index contributed by atoms with van der Waals surface area (Å²) < 4.78 is 15.7. The molecule has 2 aliphatic heterocycles. The van der Waals surface area contributed by atoms with Crippen molar-refractivity contribution in [2.24, 2.45) is 7.05 Å². The lowest BCUT2D eigenvalue weighted by atomic mass is 10.1. The van der Waals surface area contributed by atoms with Crippen LogP contribution in [0.5, 0.6) is 0 Å². The number of fused-ring (bicyclic) bond motifs is 1. The highest BCUT2D eigenvalue weighted by Gasteiger charge is 2.36. The minimum atomic E-state index is -0.298. The van der Waals surface area contributed by atoms with Crippen molar-refractivity contribution in [3.8, 4) is 0 Å². The van der Waals surface area contributed by atoms with E-state index in [0.29, 0.717) is 29.9 Å². The smallest absolute Gasteiger partial charge is 0.245 e.